The third-order valence-electron chi connectivity index (χ3n) is 7.83. The number of hydrogen-bond donors (Lipinski definition) is 4. The summed E-state index contributed by atoms with van der Waals surface area (Å²) in [7, 11) is 0. The van der Waals surface area contributed by atoms with Gasteiger partial charge in [0.25, 0.3) is 0 Å². The second kappa shape index (κ2) is 12.9. The number of rotatable bonds is 9. The Balaban J connectivity index is 1.16. The molecule has 0 aliphatic rings. The molecule has 0 bridgehead atoms. The lowest BCUT2D eigenvalue weighted by molar-refractivity contribution is 0.423. The molecule has 0 saturated carbocycles. The highest BCUT2D eigenvalue weighted by Gasteiger charge is 2.26. The van der Waals surface area contributed by atoms with Gasteiger partial charge in [0.15, 0.2) is 0 Å². The molecule has 226 valence electrons. The molecular weight excluding hydrogens is 538 g/mol. The predicted molar refractivity (Wildman–Crippen MR) is 188 cm³/mol. The van der Waals surface area contributed by atoms with E-state index in [1.54, 1.807) is 0 Å². The summed E-state index contributed by atoms with van der Waals surface area (Å²) in [5, 5.41) is 21.6. The molecule has 0 radical (unpaired) electrons. The molecule has 4 N–H and O–H groups in total. The maximum Gasteiger partial charge on any atom is 0.123 e. The first-order valence-electron chi connectivity index (χ1n) is 15.4. The largest absolute Gasteiger partial charge is 0.507 e. The standard InChI is InChI=1S/C40H45N3O/c1-39(2,3)36-25-30(26-37(38(36)44)40(4,5)6)27-41-31-16-18-33(19-17-31)43-35-22-20-34(21-23-35)42-32-14-12-29(13-15-32)24-28-10-8-7-9-11-28/h7-23,25-26,41-44H,24,27H2,1-6H3. The third kappa shape index (κ3) is 8.02. The van der Waals surface area contributed by atoms with Crippen molar-refractivity contribution in [2.75, 3.05) is 16.0 Å². The first kappa shape index (κ1) is 30.7. The van der Waals surface area contributed by atoms with Crippen LogP contribution >= 0.6 is 0 Å². The number of benzene rings is 5. The molecule has 0 heterocycles. The van der Waals surface area contributed by atoms with Crippen molar-refractivity contribution in [2.24, 2.45) is 0 Å². The smallest absolute Gasteiger partial charge is 0.123 e. The topological polar surface area (TPSA) is 56.3 Å². The second-order valence-electron chi connectivity index (χ2n) is 13.7. The van der Waals surface area contributed by atoms with Crippen molar-refractivity contribution in [2.45, 2.75) is 65.3 Å². The van der Waals surface area contributed by atoms with E-state index in [1.165, 1.54) is 11.1 Å². The highest BCUT2D eigenvalue weighted by atomic mass is 16.3. The zero-order valence-corrected chi connectivity index (χ0v) is 26.8. The van der Waals surface area contributed by atoms with Crippen LogP contribution in [0.5, 0.6) is 5.75 Å². The average Bonchev–Trinajstić information content (AvgIpc) is 2.99. The van der Waals surface area contributed by atoms with Crippen molar-refractivity contribution in [1.82, 2.24) is 0 Å². The Morgan fingerprint density at radius 2 is 0.864 bits per heavy atom. The van der Waals surface area contributed by atoms with Crippen LogP contribution in [0.15, 0.2) is 115 Å². The molecule has 44 heavy (non-hydrogen) atoms. The molecule has 4 heteroatoms. The summed E-state index contributed by atoms with van der Waals surface area (Å²) in [5.41, 5.74) is 10.7. The minimum atomic E-state index is -0.143. The summed E-state index contributed by atoms with van der Waals surface area (Å²) in [6, 6.07) is 40.2. The molecule has 0 aliphatic heterocycles. The maximum absolute atomic E-state index is 11.0. The summed E-state index contributed by atoms with van der Waals surface area (Å²) in [6.07, 6.45) is 0.938. The summed E-state index contributed by atoms with van der Waals surface area (Å²) < 4.78 is 0. The van der Waals surface area contributed by atoms with Gasteiger partial charge in [0.05, 0.1) is 0 Å². The van der Waals surface area contributed by atoms with Crippen LogP contribution in [0.1, 0.15) is 69.4 Å². The van der Waals surface area contributed by atoms with E-state index in [9.17, 15) is 5.11 Å². The van der Waals surface area contributed by atoms with Gasteiger partial charge < -0.3 is 21.1 Å². The van der Waals surface area contributed by atoms with E-state index in [-0.39, 0.29) is 10.8 Å². The summed E-state index contributed by atoms with van der Waals surface area (Å²) >= 11 is 0. The highest BCUT2D eigenvalue weighted by molar-refractivity contribution is 5.67. The van der Waals surface area contributed by atoms with E-state index < -0.39 is 0 Å². The van der Waals surface area contributed by atoms with E-state index in [0.29, 0.717) is 12.3 Å². The fourth-order valence-corrected chi connectivity index (χ4v) is 5.32. The quantitative estimate of drug-likeness (QED) is 0.139. The van der Waals surface area contributed by atoms with Crippen molar-refractivity contribution in [3.05, 3.63) is 143 Å². The lowest BCUT2D eigenvalue weighted by Gasteiger charge is -2.28. The second-order valence-corrected chi connectivity index (χ2v) is 13.7. The first-order chi connectivity index (χ1) is 20.9. The van der Waals surface area contributed by atoms with E-state index in [0.717, 1.165) is 51.5 Å². The van der Waals surface area contributed by atoms with Crippen LogP contribution in [-0.4, -0.2) is 5.11 Å². The third-order valence-corrected chi connectivity index (χ3v) is 7.83. The summed E-state index contributed by atoms with van der Waals surface area (Å²) in [5.74, 6) is 0.418. The fraction of sp³-hybridized carbons (Fsp3) is 0.250. The highest BCUT2D eigenvalue weighted by Crippen LogP contribution is 2.40. The van der Waals surface area contributed by atoms with Gasteiger partial charge in [0, 0.05) is 35.0 Å². The van der Waals surface area contributed by atoms with Gasteiger partial charge in [-0.1, -0.05) is 84.0 Å². The van der Waals surface area contributed by atoms with Crippen LogP contribution in [0.25, 0.3) is 0 Å². The maximum atomic E-state index is 11.0. The molecular formula is C40H45N3O. The minimum absolute atomic E-state index is 0.143. The van der Waals surface area contributed by atoms with Gasteiger partial charge in [0.1, 0.15) is 5.75 Å². The van der Waals surface area contributed by atoms with Gasteiger partial charge in [-0.05, 0) is 118 Å². The normalized spacial score (nSPS) is 11.7. The van der Waals surface area contributed by atoms with Gasteiger partial charge in [-0.25, -0.2) is 0 Å². The molecule has 0 spiro atoms. The first-order valence-corrected chi connectivity index (χ1v) is 15.4. The van der Waals surface area contributed by atoms with Crippen LogP contribution in [0.2, 0.25) is 0 Å². The average molecular weight is 584 g/mol. The lowest BCUT2D eigenvalue weighted by Crippen LogP contribution is -2.18. The molecule has 0 unspecified atom stereocenters. The zero-order valence-electron chi connectivity index (χ0n) is 26.8. The Kier molecular flexibility index (Phi) is 9.01. The zero-order chi connectivity index (χ0) is 31.3. The number of anilines is 5. The molecule has 0 aliphatic carbocycles. The van der Waals surface area contributed by atoms with Crippen LogP contribution in [-0.2, 0) is 23.8 Å². The SMILES string of the molecule is CC(C)(C)c1cc(CNc2ccc(Nc3ccc(Nc4ccc(Cc5ccccc5)cc4)cc3)cc2)cc(C(C)(C)C)c1O. The van der Waals surface area contributed by atoms with E-state index in [1.807, 2.05) is 0 Å². The van der Waals surface area contributed by atoms with E-state index in [2.05, 4.69) is 173 Å². The minimum Gasteiger partial charge on any atom is -0.507 e. The number of nitrogens with one attached hydrogen (secondary N) is 3. The molecule has 4 nitrogen and oxygen atoms in total. The van der Waals surface area contributed by atoms with Gasteiger partial charge in [-0.3, -0.25) is 0 Å². The van der Waals surface area contributed by atoms with Gasteiger partial charge in [-0.15, -0.1) is 0 Å². The Hall–Kier alpha value is -4.70. The summed E-state index contributed by atoms with van der Waals surface area (Å²) in [6.45, 7) is 13.6. The Bertz CT molecular complexity index is 1620. The monoisotopic (exact) mass is 583 g/mol. The van der Waals surface area contributed by atoms with Crippen molar-refractivity contribution < 1.29 is 5.11 Å². The van der Waals surface area contributed by atoms with Crippen molar-refractivity contribution >= 4 is 28.4 Å². The van der Waals surface area contributed by atoms with E-state index in [4.69, 9.17) is 0 Å². The van der Waals surface area contributed by atoms with Crippen molar-refractivity contribution in [3.8, 4) is 5.75 Å². The van der Waals surface area contributed by atoms with Gasteiger partial charge >= 0.3 is 0 Å². The molecule has 5 rings (SSSR count). The summed E-state index contributed by atoms with van der Waals surface area (Å²) in [4.78, 5) is 0. The van der Waals surface area contributed by atoms with Crippen LogP contribution in [0.4, 0.5) is 28.4 Å². The van der Waals surface area contributed by atoms with Crippen molar-refractivity contribution in [3.63, 3.8) is 0 Å². The van der Waals surface area contributed by atoms with Crippen LogP contribution in [0, 0.1) is 0 Å². The molecule has 5 aromatic rings. The Morgan fingerprint density at radius 1 is 0.477 bits per heavy atom. The van der Waals surface area contributed by atoms with Crippen molar-refractivity contribution in [1.29, 1.82) is 0 Å². The molecule has 0 aromatic heterocycles. The predicted octanol–water partition coefficient (Wildman–Crippen LogP) is 10.7. The molecule has 5 aromatic carbocycles. The molecule has 0 fully saturated rings. The van der Waals surface area contributed by atoms with Gasteiger partial charge in [0.2, 0.25) is 0 Å². The molecule has 0 amide bonds. The number of aromatic hydroxyl groups is 1. The lowest BCUT2D eigenvalue weighted by atomic mass is 9.78. The van der Waals surface area contributed by atoms with Crippen LogP contribution in [0.3, 0.4) is 0 Å². The number of phenols is 1. The van der Waals surface area contributed by atoms with E-state index >= 15 is 0 Å². The molecule has 0 atom stereocenters. The van der Waals surface area contributed by atoms with Gasteiger partial charge in [-0.2, -0.15) is 0 Å². The molecule has 0 saturated heterocycles. The fourth-order valence-electron chi connectivity index (χ4n) is 5.32. The Labute approximate surface area is 263 Å². The number of phenolic OH excluding ortho intramolecular Hbond substituents is 1. The van der Waals surface area contributed by atoms with Crippen LogP contribution < -0.4 is 16.0 Å². The Morgan fingerprint density at radius 3 is 1.30 bits per heavy atom. The number of hydrogen-bond acceptors (Lipinski definition) is 4.